The molecule has 0 aliphatic heterocycles. The van der Waals surface area contributed by atoms with E-state index in [0.717, 1.165) is 30.9 Å². The molecular formula is C13H19N5O. The molecule has 0 aliphatic rings. The number of ether oxygens (including phenoxy) is 1. The molecule has 0 spiro atoms. The quantitative estimate of drug-likeness (QED) is 0.866. The van der Waals surface area contributed by atoms with Gasteiger partial charge in [-0.2, -0.15) is 5.10 Å². The van der Waals surface area contributed by atoms with Crippen LogP contribution in [0.1, 0.15) is 25.8 Å². The molecule has 0 saturated heterocycles. The zero-order valence-electron chi connectivity index (χ0n) is 11.6. The molecule has 2 heterocycles. The summed E-state index contributed by atoms with van der Waals surface area (Å²) in [6, 6.07) is 0. The van der Waals surface area contributed by atoms with E-state index >= 15 is 0 Å². The van der Waals surface area contributed by atoms with Crippen LogP contribution >= 0.6 is 0 Å². The third kappa shape index (κ3) is 3.21. The van der Waals surface area contributed by atoms with Gasteiger partial charge in [0.25, 0.3) is 0 Å². The average molecular weight is 261 g/mol. The molecule has 2 aromatic rings. The third-order valence-electron chi connectivity index (χ3n) is 2.73. The van der Waals surface area contributed by atoms with E-state index in [1.54, 1.807) is 6.20 Å². The fraction of sp³-hybridized carbons (Fsp3) is 0.462. The summed E-state index contributed by atoms with van der Waals surface area (Å²) in [5.74, 6) is 2.06. The van der Waals surface area contributed by atoms with Gasteiger partial charge in [0, 0.05) is 13.1 Å². The number of anilines is 1. The highest BCUT2D eigenvalue weighted by molar-refractivity contribution is 5.48. The van der Waals surface area contributed by atoms with Crippen LogP contribution in [0.3, 0.4) is 0 Å². The van der Waals surface area contributed by atoms with Crippen LogP contribution in [0.25, 0.3) is 0 Å². The average Bonchev–Trinajstić information content (AvgIpc) is 2.87. The molecule has 0 atom stereocenters. The van der Waals surface area contributed by atoms with Crippen molar-refractivity contribution in [3.8, 4) is 11.6 Å². The Morgan fingerprint density at radius 1 is 1.32 bits per heavy atom. The first-order valence-corrected chi connectivity index (χ1v) is 6.50. The predicted molar refractivity (Wildman–Crippen MR) is 73.5 cm³/mol. The van der Waals surface area contributed by atoms with Crippen LogP contribution in [0.4, 0.5) is 5.82 Å². The molecule has 1 N–H and O–H groups in total. The zero-order valence-corrected chi connectivity index (χ0v) is 11.6. The Bertz CT molecular complexity index is 538. The van der Waals surface area contributed by atoms with Gasteiger partial charge in [0.05, 0.1) is 18.0 Å². The summed E-state index contributed by atoms with van der Waals surface area (Å²) in [4.78, 5) is 8.38. The summed E-state index contributed by atoms with van der Waals surface area (Å²) < 4.78 is 7.55. The van der Waals surface area contributed by atoms with Crippen molar-refractivity contribution in [2.45, 2.75) is 33.7 Å². The van der Waals surface area contributed by atoms with E-state index in [1.165, 1.54) is 6.33 Å². The Morgan fingerprint density at radius 2 is 2.16 bits per heavy atom. The van der Waals surface area contributed by atoms with Crippen LogP contribution in [0.2, 0.25) is 0 Å². The monoisotopic (exact) mass is 261 g/mol. The van der Waals surface area contributed by atoms with Gasteiger partial charge in [0.2, 0.25) is 5.88 Å². The second-order valence-electron chi connectivity index (χ2n) is 4.21. The van der Waals surface area contributed by atoms with Crippen molar-refractivity contribution in [3.63, 3.8) is 0 Å². The normalized spacial score (nSPS) is 10.5. The molecule has 6 nitrogen and oxygen atoms in total. The van der Waals surface area contributed by atoms with Crippen molar-refractivity contribution < 1.29 is 4.74 Å². The minimum Gasteiger partial charge on any atom is -0.435 e. The standard InChI is InChI=1S/C13H19N5O/c1-4-6-14-12-10(3)13(16-9-15-12)19-11-7-17-18(5-2)8-11/h7-9H,4-6H2,1-3H3,(H,14,15,16). The molecule has 19 heavy (non-hydrogen) atoms. The molecule has 6 heteroatoms. The van der Waals surface area contributed by atoms with Gasteiger partial charge in [-0.3, -0.25) is 4.68 Å². The van der Waals surface area contributed by atoms with Crippen molar-refractivity contribution >= 4 is 5.82 Å². The second-order valence-corrected chi connectivity index (χ2v) is 4.21. The van der Waals surface area contributed by atoms with E-state index in [2.05, 4.69) is 27.3 Å². The van der Waals surface area contributed by atoms with Crippen LogP contribution in [-0.2, 0) is 6.54 Å². The highest BCUT2D eigenvalue weighted by atomic mass is 16.5. The van der Waals surface area contributed by atoms with Gasteiger partial charge in [-0.25, -0.2) is 9.97 Å². The second kappa shape index (κ2) is 6.17. The highest BCUT2D eigenvalue weighted by Gasteiger charge is 2.09. The number of hydrogen-bond acceptors (Lipinski definition) is 5. The van der Waals surface area contributed by atoms with Crippen LogP contribution in [0.15, 0.2) is 18.7 Å². The molecule has 0 fully saturated rings. The number of aryl methyl sites for hydroxylation is 1. The number of aromatic nitrogens is 4. The third-order valence-corrected chi connectivity index (χ3v) is 2.73. The Kier molecular flexibility index (Phi) is 4.33. The smallest absolute Gasteiger partial charge is 0.227 e. The van der Waals surface area contributed by atoms with Gasteiger partial charge in [0.1, 0.15) is 12.1 Å². The van der Waals surface area contributed by atoms with Crippen molar-refractivity contribution in [1.82, 2.24) is 19.7 Å². The molecule has 0 unspecified atom stereocenters. The van der Waals surface area contributed by atoms with Crippen molar-refractivity contribution in [2.75, 3.05) is 11.9 Å². The van der Waals surface area contributed by atoms with Crippen molar-refractivity contribution in [1.29, 1.82) is 0 Å². The van der Waals surface area contributed by atoms with Gasteiger partial charge in [-0.15, -0.1) is 0 Å². The van der Waals surface area contributed by atoms with Crippen LogP contribution in [0.5, 0.6) is 11.6 Å². The molecule has 0 aromatic carbocycles. The van der Waals surface area contributed by atoms with Crippen molar-refractivity contribution in [2.24, 2.45) is 0 Å². The maximum absolute atomic E-state index is 5.74. The summed E-state index contributed by atoms with van der Waals surface area (Å²) in [5, 5.41) is 7.42. The predicted octanol–water partition coefficient (Wildman–Crippen LogP) is 2.62. The van der Waals surface area contributed by atoms with E-state index in [0.29, 0.717) is 11.6 Å². The molecule has 0 amide bonds. The Balaban J connectivity index is 2.15. The number of rotatable bonds is 6. The van der Waals surface area contributed by atoms with E-state index < -0.39 is 0 Å². The summed E-state index contributed by atoms with van der Waals surface area (Å²) in [7, 11) is 0. The van der Waals surface area contributed by atoms with E-state index in [9.17, 15) is 0 Å². The molecule has 2 rings (SSSR count). The largest absolute Gasteiger partial charge is 0.435 e. The highest BCUT2D eigenvalue weighted by Crippen LogP contribution is 2.25. The Morgan fingerprint density at radius 3 is 2.84 bits per heavy atom. The lowest BCUT2D eigenvalue weighted by molar-refractivity contribution is 0.456. The number of nitrogens with zero attached hydrogens (tertiary/aromatic N) is 4. The molecule has 102 valence electrons. The molecular weight excluding hydrogens is 242 g/mol. The van der Waals surface area contributed by atoms with Gasteiger partial charge in [-0.05, 0) is 20.3 Å². The first kappa shape index (κ1) is 13.3. The van der Waals surface area contributed by atoms with Gasteiger partial charge in [0.15, 0.2) is 5.75 Å². The molecule has 0 aliphatic carbocycles. The minimum atomic E-state index is 0.559. The number of nitrogens with one attached hydrogen (secondary N) is 1. The summed E-state index contributed by atoms with van der Waals surface area (Å²) in [6.07, 6.45) is 6.08. The summed E-state index contributed by atoms with van der Waals surface area (Å²) in [5.41, 5.74) is 0.903. The van der Waals surface area contributed by atoms with E-state index in [1.807, 2.05) is 24.7 Å². The minimum absolute atomic E-state index is 0.559. The van der Waals surface area contributed by atoms with Crippen LogP contribution < -0.4 is 10.1 Å². The van der Waals surface area contributed by atoms with Crippen LogP contribution in [0, 0.1) is 6.92 Å². The Labute approximate surface area is 112 Å². The summed E-state index contributed by atoms with van der Waals surface area (Å²) >= 11 is 0. The fourth-order valence-corrected chi connectivity index (χ4v) is 1.64. The van der Waals surface area contributed by atoms with Crippen molar-refractivity contribution in [3.05, 3.63) is 24.3 Å². The maximum atomic E-state index is 5.74. The van der Waals surface area contributed by atoms with E-state index in [-0.39, 0.29) is 0 Å². The van der Waals surface area contributed by atoms with Gasteiger partial charge in [-0.1, -0.05) is 6.92 Å². The first-order valence-electron chi connectivity index (χ1n) is 6.50. The topological polar surface area (TPSA) is 64.9 Å². The molecule has 2 aromatic heterocycles. The fourth-order valence-electron chi connectivity index (χ4n) is 1.64. The van der Waals surface area contributed by atoms with Gasteiger partial charge < -0.3 is 10.1 Å². The lowest BCUT2D eigenvalue weighted by atomic mass is 10.3. The van der Waals surface area contributed by atoms with Gasteiger partial charge >= 0.3 is 0 Å². The molecule has 0 radical (unpaired) electrons. The molecule has 0 bridgehead atoms. The first-order chi connectivity index (χ1) is 9.24. The van der Waals surface area contributed by atoms with Crippen LogP contribution in [-0.4, -0.2) is 26.3 Å². The lowest BCUT2D eigenvalue weighted by Gasteiger charge is -2.10. The lowest BCUT2D eigenvalue weighted by Crippen LogP contribution is -2.05. The SMILES string of the molecule is CCCNc1ncnc(Oc2cnn(CC)c2)c1C. The Hall–Kier alpha value is -2.11. The zero-order chi connectivity index (χ0) is 13.7. The molecule has 0 saturated carbocycles. The number of hydrogen-bond donors (Lipinski definition) is 1. The van der Waals surface area contributed by atoms with E-state index in [4.69, 9.17) is 4.74 Å². The maximum Gasteiger partial charge on any atom is 0.227 e. The summed E-state index contributed by atoms with van der Waals surface area (Å²) in [6.45, 7) is 7.78.